The summed E-state index contributed by atoms with van der Waals surface area (Å²) in [5, 5.41) is 13.5. The van der Waals surface area contributed by atoms with Gasteiger partial charge >= 0.3 is 5.97 Å². The number of sulfonamides is 1. The number of nitrogens with zero attached hydrogens (tertiary/aromatic N) is 2. The molecule has 0 aliphatic carbocycles. The average molecular weight is 421 g/mol. The summed E-state index contributed by atoms with van der Waals surface area (Å²) in [5.41, 5.74) is 0.514. The van der Waals surface area contributed by atoms with E-state index in [2.05, 4.69) is 5.32 Å². The fourth-order valence-corrected chi connectivity index (χ4v) is 3.56. The van der Waals surface area contributed by atoms with Gasteiger partial charge < -0.3 is 15.3 Å². The number of hydrogen-bond donors (Lipinski definition) is 1. The molecule has 0 saturated heterocycles. The smallest absolute Gasteiger partial charge is 0.339 e. The van der Waals surface area contributed by atoms with Crippen molar-refractivity contribution < 1.29 is 27.5 Å². The van der Waals surface area contributed by atoms with Crippen LogP contribution < -0.4 is 10.0 Å². The molecule has 0 aliphatic heterocycles. The number of nitrogens with one attached hydrogen (secondary N) is 1. The highest BCUT2D eigenvalue weighted by atomic mass is 32.2. The lowest BCUT2D eigenvalue weighted by molar-refractivity contribution is -0.605. The summed E-state index contributed by atoms with van der Waals surface area (Å²) >= 11 is 0. The predicted octanol–water partition coefficient (Wildman–Crippen LogP) is 1.54. The van der Waals surface area contributed by atoms with Crippen LogP contribution in [-0.4, -0.2) is 44.8 Å². The first-order valence-corrected chi connectivity index (χ1v) is 10.4. The lowest BCUT2D eigenvalue weighted by Crippen LogP contribution is -2.28. The molecule has 1 heterocycles. The van der Waals surface area contributed by atoms with Crippen LogP contribution in [0, 0.1) is 5.21 Å². The minimum absolute atomic E-state index is 0.125. The molecular formula is C19H23N3O6S. The lowest BCUT2D eigenvalue weighted by atomic mass is 10.3. The van der Waals surface area contributed by atoms with Crippen molar-refractivity contribution in [2.45, 2.75) is 24.7 Å². The van der Waals surface area contributed by atoms with E-state index < -0.39 is 28.5 Å². The molecule has 29 heavy (non-hydrogen) atoms. The zero-order valence-electron chi connectivity index (χ0n) is 16.2. The second kappa shape index (κ2) is 9.99. The zero-order valence-corrected chi connectivity index (χ0v) is 17.0. The summed E-state index contributed by atoms with van der Waals surface area (Å²) in [6.45, 7) is 1.89. The van der Waals surface area contributed by atoms with Crippen LogP contribution in [0.4, 0.5) is 5.69 Å². The Hall–Kier alpha value is -2.98. The van der Waals surface area contributed by atoms with Gasteiger partial charge in [0.2, 0.25) is 10.0 Å². The Labute approximate surface area is 169 Å². The van der Waals surface area contributed by atoms with Crippen LogP contribution in [0.15, 0.2) is 53.7 Å². The standard InChI is InChI=1S/C19H23N3O6S/c1-3-4-11-21(2)29(26,27)17-7-5-16(6-8-17)20-18(23)14-28-19(24)15-9-12-22(25)13-10-15/h5-10,12-13H,3-4,11,14H2,1-2H3,(H,20,23). The summed E-state index contributed by atoms with van der Waals surface area (Å²) in [7, 11) is -2.06. The van der Waals surface area contributed by atoms with E-state index in [1.54, 1.807) is 0 Å². The molecule has 1 amide bonds. The highest BCUT2D eigenvalue weighted by Gasteiger charge is 2.20. The van der Waals surface area contributed by atoms with Gasteiger partial charge in [-0.1, -0.05) is 13.3 Å². The fourth-order valence-electron chi connectivity index (χ4n) is 2.35. The second-order valence-electron chi connectivity index (χ2n) is 6.28. The van der Waals surface area contributed by atoms with Crippen LogP contribution in [0.2, 0.25) is 0 Å². The molecule has 0 unspecified atom stereocenters. The molecule has 10 heteroatoms. The number of ether oxygens (including phenoxy) is 1. The Morgan fingerprint density at radius 3 is 2.34 bits per heavy atom. The van der Waals surface area contributed by atoms with Crippen LogP contribution in [0.1, 0.15) is 30.1 Å². The molecule has 0 saturated carbocycles. The van der Waals surface area contributed by atoms with E-state index in [1.165, 1.54) is 47.8 Å². The van der Waals surface area contributed by atoms with E-state index in [1.807, 2.05) is 6.92 Å². The summed E-state index contributed by atoms with van der Waals surface area (Å²) in [6.07, 6.45) is 3.94. The Morgan fingerprint density at radius 1 is 1.14 bits per heavy atom. The first kappa shape index (κ1) is 22.3. The van der Waals surface area contributed by atoms with Gasteiger partial charge in [-0.05, 0) is 30.7 Å². The van der Waals surface area contributed by atoms with Crippen molar-refractivity contribution in [3.8, 4) is 0 Å². The summed E-state index contributed by atoms with van der Waals surface area (Å²) in [6, 6.07) is 8.30. The largest absolute Gasteiger partial charge is 0.619 e. The maximum Gasteiger partial charge on any atom is 0.339 e. The number of esters is 1. The minimum Gasteiger partial charge on any atom is -0.619 e. The number of carbonyl (C=O) groups excluding carboxylic acids is 2. The van der Waals surface area contributed by atoms with Crippen LogP contribution in [-0.2, 0) is 19.6 Å². The highest BCUT2D eigenvalue weighted by molar-refractivity contribution is 7.89. The molecule has 0 fully saturated rings. The molecule has 1 N–H and O–H groups in total. The number of hydrogen-bond acceptors (Lipinski definition) is 6. The Kier molecular flexibility index (Phi) is 7.68. The number of aromatic nitrogens is 1. The molecule has 0 radical (unpaired) electrons. The van der Waals surface area contributed by atoms with Crippen molar-refractivity contribution in [3.05, 3.63) is 59.6 Å². The molecule has 1 aromatic heterocycles. The van der Waals surface area contributed by atoms with Gasteiger partial charge in [-0.3, -0.25) is 4.79 Å². The van der Waals surface area contributed by atoms with Gasteiger partial charge in [0.25, 0.3) is 5.91 Å². The maximum atomic E-state index is 12.5. The van der Waals surface area contributed by atoms with Crippen LogP contribution >= 0.6 is 0 Å². The quantitative estimate of drug-likeness (QED) is 0.373. The fraction of sp³-hybridized carbons (Fsp3) is 0.316. The van der Waals surface area contributed by atoms with Gasteiger partial charge in [0.15, 0.2) is 19.0 Å². The summed E-state index contributed by atoms with van der Waals surface area (Å²) < 4.78 is 31.6. The molecule has 2 rings (SSSR count). The van der Waals surface area contributed by atoms with Crippen molar-refractivity contribution in [2.75, 3.05) is 25.5 Å². The first-order valence-electron chi connectivity index (χ1n) is 8.96. The third kappa shape index (κ3) is 6.26. The number of carbonyl (C=O) groups is 2. The molecule has 0 aliphatic rings. The predicted molar refractivity (Wildman–Crippen MR) is 105 cm³/mol. The summed E-state index contributed by atoms with van der Waals surface area (Å²) in [4.78, 5) is 23.9. The van der Waals surface area contributed by atoms with E-state index >= 15 is 0 Å². The van der Waals surface area contributed by atoms with Gasteiger partial charge in [0, 0.05) is 31.4 Å². The Bertz CT molecular complexity index is 943. The first-order chi connectivity index (χ1) is 13.7. The van der Waals surface area contributed by atoms with Crippen LogP contribution in [0.5, 0.6) is 0 Å². The van der Waals surface area contributed by atoms with Crippen molar-refractivity contribution in [3.63, 3.8) is 0 Å². The number of benzene rings is 1. The van der Waals surface area contributed by atoms with Crippen molar-refractivity contribution in [1.82, 2.24) is 4.31 Å². The number of amides is 1. The van der Waals surface area contributed by atoms with Crippen LogP contribution in [0.25, 0.3) is 0 Å². The molecule has 0 atom stereocenters. The Balaban J connectivity index is 1.91. The van der Waals surface area contributed by atoms with E-state index in [-0.39, 0.29) is 10.5 Å². The third-order valence-electron chi connectivity index (χ3n) is 4.04. The van der Waals surface area contributed by atoms with E-state index in [0.717, 1.165) is 25.2 Å². The minimum atomic E-state index is -3.58. The molecule has 1 aromatic carbocycles. The molecule has 2 aromatic rings. The van der Waals surface area contributed by atoms with Gasteiger partial charge in [0.1, 0.15) is 0 Å². The number of pyridine rings is 1. The molecule has 9 nitrogen and oxygen atoms in total. The number of unbranched alkanes of at least 4 members (excludes halogenated alkanes) is 1. The highest BCUT2D eigenvalue weighted by Crippen LogP contribution is 2.18. The topological polar surface area (TPSA) is 120 Å². The molecular weight excluding hydrogens is 398 g/mol. The van der Waals surface area contributed by atoms with Crippen LogP contribution in [0.3, 0.4) is 0 Å². The third-order valence-corrected chi connectivity index (χ3v) is 5.92. The Morgan fingerprint density at radius 2 is 1.76 bits per heavy atom. The van der Waals surface area contributed by atoms with Gasteiger partial charge in [-0.2, -0.15) is 4.73 Å². The zero-order chi connectivity index (χ0) is 21.4. The van der Waals surface area contributed by atoms with E-state index in [4.69, 9.17) is 4.74 Å². The molecule has 0 bridgehead atoms. The molecule has 0 spiro atoms. The number of anilines is 1. The van der Waals surface area contributed by atoms with Crippen molar-refractivity contribution in [2.24, 2.45) is 0 Å². The maximum absolute atomic E-state index is 12.5. The monoisotopic (exact) mass is 421 g/mol. The van der Waals surface area contributed by atoms with Gasteiger partial charge in [-0.15, -0.1) is 0 Å². The number of rotatable bonds is 9. The second-order valence-corrected chi connectivity index (χ2v) is 8.32. The van der Waals surface area contributed by atoms with Gasteiger partial charge in [0.05, 0.1) is 10.5 Å². The van der Waals surface area contributed by atoms with Crippen molar-refractivity contribution >= 4 is 27.6 Å². The normalized spacial score (nSPS) is 11.3. The average Bonchev–Trinajstić information content (AvgIpc) is 2.71. The van der Waals surface area contributed by atoms with E-state index in [9.17, 15) is 23.2 Å². The van der Waals surface area contributed by atoms with Gasteiger partial charge in [-0.25, -0.2) is 17.5 Å². The SMILES string of the molecule is CCCCN(C)S(=O)(=O)c1ccc(NC(=O)COC(=O)c2cc[n+]([O-])cc2)cc1. The van der Waals surface area contributed by atoms with E-state index in [0.29, 0.717) is 17.0 Å². The lowest BCUT2D eigenvalue weighted by Gasteiger charge is -2.17. The molecule has 156 valence electrons. The van der Waals surface area contributed by atoms with Crippen molar-refractivity contribution in [1.29, 1.82) is 0 Å². The summed E-state index contributed by atoms with van der Waals surface area (Å²) in [5.74, 6) is -1.32.